The minimum Gasteiger partial charge on any atom is -0.365 e. The van der Waals surface area contributed by atoms with Crippen LogP contribution in [0.4, 0.5) is 4.39 Å². The molecule has 4 rings (SSSR count). The van der Waals surface area contributed by atoms with Gasteiger partial charge in [0, 0.05) is 29.7 Å². The lowest BCUT2D eigenvalue weighted by Crippen LogP contribution is -2.32. The number of piperidine rings is 1. The number of aromatic nitrogens is 1. The third-order valence-corrected chi connectivity index (χ3v) is 5.61. The molecule has 30 heavy (non-hydrogen) atoms. The lowest BCUT2D eigenvalue weighted by atomic mass is 9.98. The second kappa shape index (κ2) is 8.09. The van der Waals surface area contributed by atoms with E-state index in [0.29, 0.717) is 23.1 Å². The summed E-state index contributed by atoms with van der Waals surface area (Å²) < 4.78 is 15.0. The van der Waals surface area contributed by atoms with Crippen molar-refractivity contribution in [1.29, 1.82) is 5.26 Å². The molecule has 0 unspecified atom stereocenters. The van der Waals surface area contributed by atoms with E-state index in [4.69, 9.17) is 11.0 Å². The van der Waals surface area contributed by atoms with Crippen LogP contribution in [0.1, 0.15) is 28.8 Å². The topological polar surface area (TPSA) is 92.1 Å². The van der Waals surface area contributed by atoms with Crippen LogP contribution in [0.25, 0.3) is 16.6 Å². The molecule has 1 aliphatic heterocycles. The number of carbonyl (C=O) groups excluding carboxylic acids is 1. The molecule has 0 saturated carbocycles. The van der Waals surface area contributed by atoms with Gasteiger partial charge >= 0.3 is 0 Å². The molecular weight excluding hydrogens is 383 g/mol. The van der Waals surface area contributed by atoms with E-state index in [1.807, 2.05) is 12.1 Å². The van der Waals surface area contributed by atoms with E-state index in [9.17, 15) is 14.0 Å². The maximum Gasteiger partial charge on any atom is 0.254 e. The molecule has 1 aromatic heterocycles. The average molecular weight is 404 g/mol. The predicted octanol–water partition coefficient (Wildman–Crippen LogP) is 2.96. The molecule has 0 aliphatic carbocycles. The number of carbonyl (C=O) groups is 1. The Morgan fingerprint density at radius 1 is 1.17 bits per heavy atom. The minimum atomic E-state index is -0.804. The van der Waals surface area contributed by atoms with Crippen LogP contribution in [0, 0.1) is 23.1 Å². The molecule has 2 aromatic carbocycles. The number of nitrogens with two attached hydrogens (primary N) is 1. The van der Waals surface area contributed by atoms with Crippen molar-refractivity contribution in [2.24, 2.45) is 11.7 Å². The van der Waals surface area contributed by atoms with Gasteiger partial charge in [0.1, 0.15) is 11.4 Å². The smallest absolute Gasteiger partial charge is 0.254 e. The average Bonchev–Trinajstić information content (AvgIpc) is 2.75. The Labute approximate surface area is 172 Å². The van der Waals surface area contributed by atoms with Gasteiger partial charge in [0.05, 0.1) is 11.6 Å². The largest absolute Gasteiger partial charge is 0.365 e. The molecule has 152 valence electrons. The molecule has 1 fully saturated rings. The van der Waals surface area contributed by atoms with E-state index in [1.165, 1.54) is 18.3 Å². The van der Waals surface area contributed by atoms with Crippen molar-refractivity contribution in [3.05, 3.63) is 75.8 Å². The molecule has 1 saturated heterocycles. The van der Waals surface area contributed by atoms with Gasteiger partial charge in [0.15, 0.2) is 0 Å². The SMILES string of the molecule is N#CC1CCN(Cc2ccc3c(c2)c(=O)c(C(N)=O)cn3-c2ccc(F)cc2)CC1. The highest BCUT2D eigenvalue weighted by Crippen LogP contribution is 2.22. The fraction of sp³-hybridized carbons (Fsp3) is 0.261. The van der Waals surface area contributed by atoms with Crippen molar-refractivity contribution in [3.63, 3.8) is 0 Å². The van der Waals surface area contributed by atoms with Crippen LogP contribution in [0.3, 0.4) is 0 Å². The Bertz CT molecular complexity index is 1200. The lowest BCUT2D eigenvalue weighted by Gasteiger charge is -2.29. The molecule has 0 spiro atoms. The summed E-state index contributed by atoms with van der Waals surface area (Å²) in [6.45, 7) is 2.32. The third-order valence-electron chi connectivity index (χ3n) is 5.61. The van der Waals surface area contributed by atoms with E-state index in [1.54, 1.807) is 22.8 Å². The van der Waals surface area contributed by atoms with Gasteiger partial charge < -0.3 is 10.3 Å². The molecule has 2 N–H and O–H groups in total. The molecule has 3 aromatic rings. The predicted molar refractivity (Wildman–Crippen MR) is 112 cm³/mol. The maximum absolute atomic E-state index is 13.4. The van der Waals surface area contributed by atoms with Crippen molar-refractivity contribution < 1.29 is 9.18 Å². The quantitative estimate of drug-likeness (QED) is 0.724. The van der Waals surface area contributed by atoms with Crippen LogP contribution in [0.5, 0.6) is 0 Å². The molecular formula is C23H21FN4O2. The Balaban J connectivity index is 1.76. The van der Waals surface area contributed by atoms with E-state index in [0.717, 1.165) is 31.5 Å². The Hall–Kier alpha value is -3.50. The number of rotatable bonds is 4. The van der Waals surface area contributed by atoms with Gasteiger partial charge in [-0.1, -0.05) is 6.07 Å². The fourth-order valence-electron chi connectivity index (χ4n) is 3.95. The van der Waals surface area contributed by atoms with Crippen LogP contribution >= 0.6 is 0 Å². The van der Waals surface area contributed by atoms with Gasteiger partial charge in [-0.2, -0.15) is 5.26 Å². The van der Waals surface area contributed by atoms with Crippen LogP contribution in [-0.2, 0) is 6.54 Å². The summed E-state index contributed by atoms with van der Waals surface area (Å²) >= 11 is 0. The first-order chi connectivity index (χ1) is 14.5. The van der Waals surface area contributed by atoms with Crippen LogP contribution in [0.2, 0.25) is 0 Å². The van der Waals surface area contributed by atoms with Gasteiger partial charge in [0.2, 0.25) is 5.43 Å². The molecule has 7 heteroatoms. The zero-order valence-corrected chi connectivity index (χ0v) is 16.3. The van der Waals surface area contributed by atoms with Crippen molar-refractivity contribution in [1.82, 2.24) is 9.47 Å². The first-order valence-corrected chi connectivity index (χ1v) is 9.82. The van der Waals surface area contributed by atoms with Gasteiger partial charge in [0.25, 0.3) is 5.91 Å². The first kappa shape index (κ1) is 19.8. The second-order valence-corrected chi connectivity index (χ2v) is 7.61. The number of nitrogens with zero attached hydrogens (tertiary/aromatic N) is 3. The third kappa shape index (κ3) is 3.82. The van der Waals surface area contributed by atoms with Crippen molar-refractivity contribution in [3.8, 4) is 11.8 Å². The molecule has 0 atom stereocenters. The lowest BCUT2D eigenvalue weighted by molar-refractivity contribution is 0.0999. The molecule has 0 radical (unpaired) electrons. The number of nitriles is 1. The first-order valence-electron chi connectivity index (χ1n) is 9.82. The maximum atomic E-state index is 13.4. The van der Waals surface area contributed by atoms with Crippen molar-refractivity contribution in [2.45, 2.75) is 19.4 Å². The van der Waals surface area contributed by atoms with Crippen LogP contribution < -0.4 is 11.2 Å². The van der Waals surface area contributed by atoms with Crippen molar-refractivity contribution in [2.75, 3.05) is 13.1 Å². The summed E-state index contributed by atoms with van der Waals surface area (Å²) in [5.41, 5.74) is 7.10. The number of pyridine rings is 1. The van der Waals surface area contributed by atoms with Gasteiger partial charge in [-0.05, 0) is 67.9 Å². The minimum absolute atomic E-state index is 0.110. The zero-order valence-electron chi connectivity index (χ0n) is 16.3. The summed E-state index contributed by atoms with van der Waals surface area (Å²) in [6.07, 6.45) is 3.09. The standard InChI is InChI=1S/C23H21FN4O2/c24-17-2-4-18(5-3-17)28-14-20(23(26)30)22(29)19-11-16(1-6-21(19)28)13-27-9-7-15(12-25)8-10-27/h1-6,11,14-15H,7-10,13H2,(H2,26,30). The number of halogens is 1. The number of fused-ring (bicyclic) bond motifs is 1. The second-order valence-electron chi connectivity index (χ2n) is 7.61. The number of hydrogen-bond acceptors (Lipinski definition) is 4. The van der Waals surface area contributed by atoms with E-state index in [-0.39, 0.29) is 17.3 Å². The molecule has 1 aliphatic rings. The monoisotopic (exact) mass is 404 g/mol. The van der Waals surface area contributed by atoms with E-state index < -0.39 is 11.3 Å². The molecule has 1 amide bonds. The Kier molecular flexibility index (Phi) is 5.34. The number of hydrogen-bond donors (Lipinski definition) is 1. The van der Waals surface area contributed by atoms with Crippen LogP contribution in [0.15, 0.2) is 53.5 Å². The summed E-state index contributed by atoms with van der Waals surface area (Å²) in [6, 6.07) is 13.7. The van der Waals surface area contributed by atoms with Gasteiger partial charge in [-0.15, -0.1) is 0 Å². The summed E-state index contributed by atoms with van der Waals surface area (Å²) in [4.78, 5) is 27.0. The number of likely N-dealkylation sites (tertiary alicyclic amines) is 1. The zero-order chi connectivity index (χ0) is 21.3. The highest BCUT2D eigenvalue weighted by atomic mass is 19.1. The summed E-state index contributed by atoms with van der Waals surface area (Å²) in [5.74, 6) is -1.07. The summed E-state index contributed by atoms with van der Waals surface area (Å²) in [5, 5.41) is 9.45. The number of primary amides is 1. The normalized spacial score (nSPS) is 15.2. The number of amides is 1. The Morgan fingerprint density at radius 2 is 1.87 bits per heavy atom. The van der Waals surface area contributed by atoms with Gasteiger partial charge in [-0.25, -0.2) is 4.39 Å². The fourth-order valence-corrected chi connectivity index (χ4v) is 3.95. The highest BCUT2D eigenvalue weighted by Gasteiger charge is 2.20. The van der Waals surface area contributed by atoms with E-state index in [2.05, 4.69) is 11.0 Å². The van der Waals surface area contributed by atoms with Gasteiger partial charge in [-0.3, -0.25) is 14.5 Å². The Morgan fingerprint density at radius 3 is 2.50 bits per heavy atom. The van der Waals surface area contributed by atoms with Crippen LogP contribution in [-0.4, -0.2) is 28.5 Å². The molecule has 0 bridgehead atoms. The molecule has 6 nitrogen and oxygen atoms in total. The molecule has 2 heterocycles. The van der Waals surface area contributed by atoms with Crippen molar-refractivity contribution >= 4 is 16.8 Å². The van der Waals surface area contributed by atoms with E-state index >= 15 is 0 Å². The summed E-state index contributed by atoms with van der Waals surface area (Å²) in [7, 11) is 0. The number of benzene rings is 2. The highest BCUT2D eigenvalue weighted by molar-refractivity contribution is 5.96.